The Bertz CT molecular complexity index is 772. The zero-order chi connectivity index (χ0) is 16.4. The number of H-pyrrole nitrogens is 1. The van der Waals surface area contributed by atoms with Gasteiger partial charge in [0.1, 0.15) is 0 Å². The standard InChI is InChI=1S/C19H22N4S.ClH/c20-9-15-11-23(13-17(15)14-5-2-1-3-6-14)12-16-10-21-22-19(16)18-7-4-8-24-18;/h1-8,10,15,17H,9,11-13,20H2,(H,21,22);1H/t15-,17+;/m1./s1. The Balaban J connectivity index is 0.00000182. The molecule has 1 aliphatic heterocycles. The number of aromatic nitrogens is 2. The summed E-state index contributed by atoms with van der Waals surface area (Å²) in [5.41, 5.74) is 9.88. The number of halogens is 1. The molecule has 0 spiro atoms. The lowest BCUT2D eigenvalue weighted by Crippen LogP contribution is -2.23. The monoisotopic (exact) mass is 374 g/mol. The van der Waals surface area contributed by atoms with E-state index in [2.05, 4.69) is 62.9 Å². The Morgan fingerprint density at radius 2 is 2.00 bits per heavy atom. The number of benzene rings is 1. The van der Waals surface area contributed by atoms with E-state index in [1.165, 1.54) is 16.0 Å². The van der Waals surface area contributed by atoms with E-state index in [1.54, 1.807) is 11.3 Å². The molecule has 0 unspecified atom stereocenters. The summed E-state index contributed by atoms with van der Waals surface area (Å²) in [7, 11) is 0. The molecule has 2 aromatic heterocycles. The van der Waals surface area contributed by atoms with Crippen molar-refractivity contribution >= 4 is 23.7 Å². The molecule has 0 radical (unpaired) electrons. The summed E-state index contributed by atoms with van der Waals surface area (Å²) in [6, 6.07) is 15.0. The Labute approximate surface area is 158 Å². The number of hydrogen-bond donors (Lipinski definition) is 2. The quantitative estimate of drug-likeness (QED) is 0.715. The highest BCUT2D eigenvalue weighted by Gasteiger charge is 2.33. The van der Waals surface area contributed by atoms with Crippen LogP contribution in [0, 0.1) is 5.92 Å². The minimum atomic E-state index is 0. The van der Waals surface area contributed by atoms with Crippen molar-refractivity contribution in [2.45, 2.75) is 12.5 Å². The van der Waals surface area contributed by atoms with Crippen LogP contribution in [0.2, 0.25) is 0 Å². The summed E-state index contributed by atoms with van der Waals surface area (Å²) >= 11 is 1.75. The first kappa shape index (κ1) is 18.1. The number of hydrogen-bond acceptors (Lipinski definition) is 4. The number of aromatic amines is 1. The minimum absolute atomic E-state index is 0. The van der Waals surface area contributed by atoms with Crippen LogP contribution >= 0.6 is 23.7 Å². The number of nitrogens with zero attached hydrogens (tertiary/aromatic N) is 2. The van der Waals surface area contributed by atoms with Crippen LogP contribution in [0.4, 0.5) is 0 Å². The molecule has 0 saturated carbocycles. The Morgan fingerprint density at radius 3 is 2.72 bits per heavy atom. The lowest BCUT2D eigenvalue weighted by atomic mass is 9.89. The van der Waals surface area contributed by atoms with Crippen molar-refractivity contribution in [2.75, 3.05) is 19.6 Å². The van der Waals surface area contributed by atoms with Gasteiger partial charge in [0.15, 0.2) is 0 Å². The Morgan fingerprint density at radius 1 is 1.16 bits per heavy atom. The summed E-state index contributed by atoms with van der Waals surface area (Å²) in [5.74, 6) is 1.04. The Hall–Kier alpha value is -1.66. The smallest absolute Gasteiger partial charge is 0.0794 e. The average molecular weight is 375 g/mol. The van der Waals surface area contributed by atoms with Crippen LogP contribution < -0.4 is 5.73 Å². The van der Waals surface area contributed by atoms with Crippen molar-refractivity contribution in [1.29, 1.82) is 0 Å². The lowest BCUT2D eigenvalue weighted by molar-refractivity contribution is 0.317. The topological polar surface area (TPSA) is 57.9 Å². The normalized spacial score (nSPS) is 20.5. The van der Waals surface area contributed by atoms with E-state index in [0.717, 1.165) is 31.9 Å². The second kappa shape index (κ2) is 8.15. The molecular weight excluding hydrogens is 352 g/mol. The summed E-state index contributed by atoms with van der Waals surface area (Å²) in [5, 5.41) is 9.53. The molecule has 6 heteroatoms. The highest BCUT2D eigenvalue weighted by molar-refractivity contribution is 7.13. The zero-order valence-corrected chi connectivity index (χ0v) is 15.6. The van der Waals surface area contributed by atoms with Crippen LogP contribution in [0.1, 0.15) is 17.0 Å². The van der Waals surface area contributed by atoms with Gasteiger partial charge in [0.05, 0.1) is 16.8 Å². The number of likely N-dealkylation sites (tertiary alicyclic amines) is 1. The first-order valence-electron chi connectivity index (χ1n) is 8.38. The van der Waals surface area contributed by atoms with Crippen molar-refractivity contribution < 1.29 is 0 Å². The van der Waals surface area contributed by atoms with Gasteiger partial charge in [-0.3, -0.25) is 10.00 Å². The summed E-state index contributed by atoms with van der Waals surface area (Å²) < 4.78 is 0. The van der Waals surface area contributed by atoms with Crippen LogP contribution in [0.5, 0.6) is 0 Å². The molecule has 3 N–H and O–H groups in total. The highest BCUT2D eigenvalue weighted by Crippen LogP contribution is 2.34. The highest BCUT2D eigenvalue weighted by atomic mass is 35.5. The van der Waals surface area contributed by atoms with Gasteiger partial charge in [0.25, 0.3) is 0 Å². The Kier molecular flexibility index (Phi) is 5.91. The molecule has 25 heavy (non-hydrogen) atoms. The maximum absolute atomic E-state index is 6.06. The third-order valence-corrected chi connectivity index (χ3v) is 5.81. The van der Waals surface area contributed by atoms with Crippen molar-refractivity contribution in [3.8, 4) is 10.6 Å². The lowest BCUT2D eigenvalue weighted by Gasteiger charge is -2.16. The second-order valence-corrected chi connectivity index (χ2v) is 7.40. The zero-order valence-electron chi connectivity index (χ0n) is 14.0. The maximum atomic E-state index is 6.06. The third kappa shape index (κ3) is 3.80. The van der Waals surface area contributed by atoms with Gasteiger partial charge in [-0.25, -0.2) is 0 Å². The SMILES string of the molecule is Cl.NC[C@@H]1CN(Cc2cn[nH]c2-c2cccs2)C[C@H]1c1ccccc1. The van der Waals surface area contributed by atoms with Crippen LogP contribution in [-0.2, 0) is 6.54 Å². The maximum Gasteiger partial charge on any atom is 0.0794 e. The van der Waals surface area contributed by atoms with Gasteiger partial charge in [0.2, 0.25) is 0 Å². The molecule has 0 amide bonds. The first-order chi connectivity index (χ1) is 11.8. The van der Waals surface area contributed by atoms with Crippen LogP contribution in [0.15, 0.2) is 54.0 Å². The number of nitrogens with two attached hydrogens (primary N) is 1. The number of thiophene rings is 1. The predicted molar refractivity (Wildman–Crippen MR) is 106 cm³/mol. The predicted octanol–water partition coefficient (Wildman–Crippen LogP) is 3.73. The summed E-state index contributed by atoms with van der Waals surface area (Å²) in [4.78, 5) is 3.76. The molecule has 1 saturated heterocycles. The molecule has 3 heterocycles. The molecule has 3 aromatic rings. The van der Waals surface area contributed by atoms with Gasteiger partial charge in [-0.05, 0) is 29.5 Å². The largest absolute Gasteiger partial charge is 0.330 e. The van der Waals surface area contributed by atoms with E-state index in [4.69, 9.17) is 5.73 Å². The van der Waals surface area contributed by atoms with E-state index < -0.39 is 0 Å². The van der Waals surface area contributed by atoms with Crippen molar-refractivity contribution in [3.05, 3.63) is 65.2 Å². The molecule has 0 aliphatic carbocycles. The summed E-state index contributed by atoms with van der Waals surface area (Å²) in [6.07, 6.45) is 1.96. The van der Waals surface area contributed by atoms with Crippen LogP contribution in [0.3, 0.4) is 0 Å². The molecule has 4 rings (SSSR count). The third-order valence-electron chi connectivity index (χ3n) is 4.93. The van der Waals surface area contributed by atoms with Gasteiger partial charge in [0, 0.05) is 31.1 Å². The van der Waals surface area contributed by atoms with Crippen molar-refractivity contribution in [2.24, 2.45) is 11.7 Å². The molecular formula is C19H23ClN4S. The average Bonchev–Trinajstić information content (AvgIpc) is 3.36. The van der Waals surface area contributed by atoms with Gasteiger partial charge in [-0.1, -0.05) is 36.4 Å². The molecule has 132 valence electrons. The van der Waals surface area contributed by atoms with E-state index in [1.807, 2.05) is 6.20 Å². The molecule has 4 nitrogen and oxygen atoms in total. The van der Waals surface area contributed by atoms with Gasteiger partial charge >= 0.3 is 0 Å². The summed E-state index contributed by atoms with van der Waals surface area (Å²) in [6.45, 7) is 3.76. The number of nitrogens with one attached hydrogen (secondary N) is 1. The fourth-order valence-electron chi connectivity index (χ4n) is 3.71. The fourth-order valence-corrected chi connectivity index (χ4v) is 4.47. The number of rotatable bonds is 5. The molecule has 2 atom stereocenters. The fraction of sp³-hybridized carbons (Fsp3) is 0.316. The first-order valence-corrected chi connectivity index (χ1v) is 9.26. The van der Waals surface area contributed by atoms with E-state index in [9.17, 15) is 0 Å². The molecule has 0 bridgehead atoms. The van der Waals surface area contributed by atoms with Gasteiger partial charge in [-0.15, -0.1) is 23.7 Å². The van der Waals surface area contributed by atoms with E-state index in [-0.39, 0.29) is 12.4 Å². The molecule has 1 aromatic carbocycles. The van der Waals surface area contributed by atoms with E-state index >= 15 is 0 Å². The van der Waals surface area contributed by atoms with Gasteiger partial charge in [-0.2, -0.15) is 5.10 Å². The van der Waals surface area contributed by atoms with Crippen molar-refractivity contribution in [1.82, 2.24) is 15.1 Å². The van der Waals surface area contributed by atoms with E-state index in [0.29, 0.717) is 11.8 Å². The van der Waals surface area contributed by atoms with Crippen molar-refractivity contribution in [3.63, 3.8) is 0 Å². The second-order valence-electron chi connectivity index (χ2n) is 6.45. The minimum Gasteiger partial charge on any atom is -0.330 e. The molecule has 1 fully saturated rings. The molecule has 1 aliphatic rings. The van der Waals surface area contributed by atoms with Crippen LogP contribution in [-0.4, -0.2) is 34.7 Å². The van der Waals surface area contributed by atoms with Crippen LogP contribution in [0.25, 0.3) is 10.6 Å². The van der Waals surface area contributed by atoms with Gasteiger partial charge < -0.3 is 5.73 Å².